The van der Waals surface area contributed by atoms with E-state index < -0.39 is 17.7 Å². The zero-order valence-corrected chi connectivity index (χ0v) is 19.7. The standard InChI is InChI=1S/C25H30N2O6/c1-26(2)13-8-14-27-22(17-9-6-7-10-18(17)31-3)21(24(29)25(27)30)23(28)16-11-12-19(32-4)20(15-16)33-5/h6-7,9-12,15,22,28H,8,13-14H2,1-5H3/p+1/t22-/m1/s1. The second kappa shape index (κ2) is 10.4. The van der Waals surface area contributed by atoms with Gasteiger partial charge in [-0.2, -0.15) is 0 Å². The van der Waals surface area contributed by atoms with Crippen molar-refractivity contribution in [2.75, 3.05) is 48.5 Å². The second-order valence-electron chi connectivity index (χ2n) is 8.11. The van der Waals surface area contributed by atoms with Gasteiger partial charge in [0.2, 0.25) is 0 Å². The van der Waals surface area contributed by atoms with E-state index in [4.69, 9.17) is 14.2 Å². The molecule has 0 spiro atoms. The maximum atomic E-state index is 13.2. The van der Waals surface area contributed by atoms with Gasteiger partial charge in [-0.3, -0.25) is 9.59 Å². The highest BCUT2D eigenvalue weighted by Crippen LogP contribution is 2.43. The van der Waals surface area contributed by atoms with E-state index in [1.54, 1.807) is 24.3 Å². The van der Waals surface area contributed by atoms with Crippen molar-refractivity contribution in [1.82, 2.24) is 4.90 Å². The SMILES string of the molecule is COc1ccc(C(O)=C2C(=O)C(=O)N(CCC[NH+](C)C)[C@@H]2c2ccccc2OC)cc1OC. The molecule has 0 bridgehead atoms. The average Bonchev–Trinajstić information content (AvgIpc) is 3.07. The Kier molecular flexibility index (Phi) is 7.60. The number of likely N-dealkylation sites (tertiary alicyclic amines) is 1. The summed E-state index contributed by atoms with van der Waals surface area (Å²) in [6.07, 6.45) is 0.706. The number of ether oxygens (including phenoxy) is 3. The normalized spacial score (nSPS) is 17.5. The molecule has 0 unspecified atom stereocenters. The minimum Gasteiger partial charge on any atom is -0.507 e. The van der Waals surface area contributed by atoms with Gasteiger partial charge in [0.1, 0.15) is 11.5 Å². The minimum atomic E-state index is -0.772. The van der Waals surface area contributed by atoms with E-state index >= 15 is 0 Å². The van der Waals surface area contributed by atoms with Crippen LogP contribution in [0.4, 0.5) is 0 Å². The highest BCUT2D eigenvalue weighted by molar-refractivity contribution is 6.46. The number of ketones is 1. The van der Waals surface area contributed by atoms with Gasteiger partial charge in [-0.25, -0.2) is 0 Å². The Morgan fingerprint density at radius 1 is 0.970 bits per heavy atom. The molecule has 2 N–H and O–H groups in total. The Morgan fingerprint density at radius 2 is 1.64 bits per heavy atom. The number of nitrogens with one attached hydrogen (secondary N) is 1. The molecule has 33 heavy (non-hydrogen) atoms. The maximum Gasteiger partial charge on any atom is 0.295 e. The molecule has 1 aliphatic heterocycles. The summed E-state index contributed by atoms with van der Waals surface area (Å²) in [4.78, 5) is 29.0. The molecule has 0 radical (unpaired) electrons. The van der Waals surface area contributed by atoms with Crippen LogP contribution < -0.4 is 19.1 Å². The lowest BCUT2D eigenvalue weighted by Gasteiger charge is -2.26. The lowest BCUT2D eigenvalue weighted by atomic mass is 9.94. The fourth-order valence-corrected chi connectivity index (χ4v) is 4.07. The Bertz CT molecular complexity index is 1060. The molecule has 2 aromatic rings. The van der Waals surface area contributed by atoms with Crippen LogP contribution >= 0.6 is 0 Å². The van der Waals surface area contributed by atoms with E-state index in [0.717, 1.165) is 6.54 Å². The molecule has 1 heterocycles. The summed E-state index contributed by atoms with van der Waals surface area (Å²) < 4.78 is 16.1. The first-order chi connectivity index (χ1) is 15.8. The number of carbonyl (C=O) groups is 2. The number of para-hydroxylation sites is 1. The molecular weight excluding hydrogens is 424 g/mol. The molecule has 8 nitrogen and oxygen atoms in total. The van der Waals surface area contributed by atoms with Crippen molar-refractivity contribution in [2.24, 2.45) is 0 Å². The molecule has 0 aliphatic carbocycles. The third-order valence-corrected chi connectivity index (χ3v) is 5.71. The van der Waals surface area contributed by atoms with Crippen molar-refractivity contribution in [3.8, 4) is 17.2 Å². The van der Waals surface area contributed by atoms with Crippen molar-refractivity contribution in [3.63, 3.8) is 0 Å². The summed E-state index contributed by atoms with van der Waals surface area (Å²) in [5.74, 6) is -0.214. The zero-order valence-electron chi connectivity index (χ0n) is 19.7. The van der Waals surface area contributed by atoms with E-state index in [1.165, 1.54) is 31.1 Å². The fraction of sp³-hybridized carbons (Fsp3) is 0.360. The van der Waals surface area contributed by atoms with E-state index in [2.05, 4.69) is 0 Å². The number of benzene rings is 2. The van der Waals surface area contributed by atoms with E-state index in [9.17, 15) is 14.7 Å². The van der Waals surface area contributed by atoms with Crippen LogP contribution in [0.25, 0.3) is 5.76 Å². The predicted octanol–water partition coefficient (Wildman–Crippen LogP) is 1.67. The number of Topliss-reactive ketones (excluding diaryl/α,β-unsaturated/α-hetero) is 1. The number of aliphatic hydroxyl groups is 1. The number of carbonyl (C=O) groups excluding carboxylic acids is 2. The van der Waals surface area contributed by atoms with Crippen LogP contribution in [-0.2, 0) is 9.59 Å². The molecule has 0 saturated carbocycles. The summed E-state index contributed by atoms with van der Waals surface area (Å²) in [7, 11) is 8.60. The van der Waals surface area contributed by atoms with Crippen molar-refractivity contribution < 1.29 is 33.8 Å². The summed E-state index contributed by atoms with van der Waals surface area (Å²) in [6.45, 7) is 1.21. The molecule has 1 fully saturated rings. The number of rotatable bonds is 9. The Balaban J connectivity index is 2.16. The molecule has 1 atom stereocenters. The number of methoxy groups -OCH3 is 3. The molecule has 176 valence electrons. The maximum absolute atomic E-state index is 13.2. The van der Waals surface area contributed by atoms with Crippen molar-refractivity contribution >= 4 is 17.4 Å². The number of nitrogens with zero attached hydrogens (tertiary/aromatic N) is 1. The Labute approximate surface area is 194 Å². The molecule has 0 aromatic heterocycles. The van der Waals surface area contributed by atoms with Gasteiger partial charge in [0.15, 0.2) is 11.5 Å². The first-order valence-corrected chi connectivity index (χ1v) is 10.8. The molecule has 3 rings (SSSR count). The van der Waals surface area contributed by atoms with Crippen molar-refractivity contribution in [2.45, 2.75) is 12.5 Å². The predicted molar refractivity (Wildman–Crippen MR) is 124 cm³/mol. The van der Waals surface area contributed by atoms with Gasteiger partial charge in [-0.15, -0.1) is 0 Å². The lowest BCUT2D eigenvalue weighted by molar-refractivity contribution is -0.858. The second-order valence-corrected chi connectivity index (χ2v) is 8.11. The summed E-state index contributed by atoms with van der Waals surface area (Å²) >= 11 is 0. The molecule has 8 heteroatoms. The Morgan fingerprint density at radius 3 is 2.27 bits per heavy atom. The van der Waals surface area contributed by atoms with Crippen LogP contribution in [0, 0.1) is 0 Å². The summed E-state index contributed by atoms with van der Waals surface area (Å²) in [6, 6.07) is 11.3. The topological polar surface area (TPSA) is 89.7 Å². The van der Waals surface area contributed by atoms with Crippen LogP contribution in [0.5, 0.6) is 17.2 Å². The van der Waals surface area contributed by atoms with Gasteiger partial charge < -0.3 is 29.1 Å². The number of aliphatic hydroxyl groups excluding tert-OH is 1. The van der Waals surface area contributed by atoms with Crippen LogP contribution in [0.3, 0.4) is 0 Å². The Hall–Kier alpha value is -3.52. The van der Waals surface area contributed by atoms with Gasteiger partial charge >= 0.3 is 0 Å². The third-order valence-electron chi connectivity index (χ3n) is 5.71. The van der Waals surface area contributed by atoms with E-state index in [1.807, 2.05) is 32.3 Å². The number of hydrogen-bond donors (Lipinski definition) is 2. The van der Waals surface area contributed by atoms with Gasteiger partial charge in [-0.1, -0.05) is 18.2 Å². The molecule has 1 amide bonds. The first-order valence-electron chi connectivity index (χ1n) is 10.8. The summed E-state index contributed by atoms with van der Waals surface area (Å²) in [5, 5.41) is 11.3. The van der Waals surface area contributed by atoms with Crippen LogP contribution in [0.15, 0.2) is 48.0 Å². The number of hydrogen-bond acceptors (Lipinski definition) is 6. The number of quaternary nitrogens is 1. The summed E-state index contributed by atoms with van der Waals surface area (Å²) in [5.41, 5.74) is 1.01. The smallest absolute Gasteiger partial charge is 0.295 e. The third kappa shape index (κ3) is 4.80. The van der Waals surface area contributed by atoms with Crippen LogP contribution in [-0.4, -0.2) is 70.2 Å². The van der Waals surface area contributed by atoms with Gasteiger partial charge in [-0.05, 0) is 24.3 Å². The van der Waals surface area contributed by atoms with E-state index in [-0.39, 0.29) is 11.3 Å². The first kappa shape index (κ1) is 24.1. The molecule has 2 aromatic carbocycles. The largest absolute Gasteiger partial charge is 0.507 e. The van der Waals surface area contributed by atoms with E-state index in [0.29, 0.717) is 41.3 Å². The fourth-order valence-electron chi connectivity index (χ4n) is 4.07. The average molecular weight is 456 g/mol. The molecule has 1 saturated heterocycles. The molecule has 1 aliphatic rings. The molecular formula is C25H31N2O6+. The van der Waals surface area contributed by atoms with Gasteiger partial charge in [0, 0.05) is 24.1 Å². The quantitative estimate of drug-likeness (QED) is 0.340. The lowest BCUT2D eigenvalue weighted by Crippen LogP contribution is -3.05. The van der Waals surface area contributed by atoms with Gasteiger partial charge in [0.05, 0.1) is 53.6 Å². The van der Waals surface area contributed by atoms with Crippen LogP contribution in [0.1, 0.15) is 23.6 Å². The van der Waals surface area contributed by atoms with Crippen molar-refractivity contribution in [1.29, 1.82) is 0 Å². The van der Waals surface area contributed by atoms with Gasteiger partial charge in [0.25, 0.3) is 11.7 Å². The minimum absolute atomic E-state index is 0.0221. The van der Waals surface area contributed by atoms with Crippen LogP contribution in [0.2, 0.25) is 0 Å². The highest BCUT2D eigenvalue weighted by atomic mass is 16.5. The zero-order chi connectivity index (χ0) is 24.1. The monoisotopic (exact) mass is 455 g/mol. The number of amides is 1. The van der Waals surface area contributed by atoms with Crippen molar-refractivity contribution in [3.05, 3.63) is 59.2 Å². The highest BCUT2D eigenvalue weighted by Gasteiger charge is 2.46.